The summed E-state index contributed by atoms with van der Waals surface area (Å²) in [7, 11) is 0. The Labute approximate surface area is 153 Å². The number of aliphatic hydroxyl groups is 1. The second kappa shape index (κ2) is 7.49. The third kappa shape index (κ3) is 3.36. The summed E-state index contributed by atoms with van der Waals surface area (Å²) in [5.41, 5.74) is 1.28. The van der Waals surface area contributed by atoms with Gasteiger partial charge in [-0.2, -0.15) is 5.26 Å². The lowest BCUT2D eigenvalue weighted by Gasteiger charge is -2.11. The largest absolute Gasteiger partial charge is 0.510 e. The number of benzene rings is 1. The van der Waals surface area contributed by atoms with Gasteiger partial charge in [0.2, 0.25) is 0 Å². The van der Waals surface area contributed by atoms with Crippen LogP contribution in [-0.2, 0) is 6.54 Å². The molecular weight excluding hydrogens is 352 g/mol. The van der Waals surface area contributed by atoms with Crippen molar-refractivity contribution in [1.29, 1.82) is 5.26 Å². The van der Waals surface area contributed by atoms with Crippen molar-refractivity contribution in [3.8, 4) is 6.07 Å². The molecule has 3 N–H and O–H groups in total. The van der Waals surface area contributed by atoms with Crippen LogP contribution in [0.3, 0.4) is 0 Å². The van der Waals surface area contributed by atoms with E-state index in [0.717, 1.165) is 11.9 Å². The molecule has 0 aliphatic carbocycles. The van der Waals surface area contributed by atoms with E-state index in [2.05, 4.69) is 20.2 Å². The fourth-order valence-corrected chi connectivity index (χ4v) is 3.48. The number of fused-ring (bicyclic) bond motifs is 1. The van der Waals surface area contributed by atoms with E-state index in [9.17, 15) is 15.2 Å². The first-order valence-corrected chi connectivity index (χ1v) is 9.03. The molecule has 0 spiro atoms. The molecule has 134 valence electrons. The molecule has 2 aromatic heterocycles. The van der Waals surface area contributed by atoms with Crippen molar-refractivity contribution in [2.24, 2.45) is 0 Å². The van der Waals surface area contributed by atoms with Crippen LogP contribution in [-0.4, -0.2) is 35.1 Å². The fourth-order valence-electron chi connectivity index (χ4n) is 2.53. The summed E-state index contributed by atoms with van der Waals surface area (Å²) in [4.78, 5) is 19.2. The van der Waals surface area contributed by atoms with Crippen molar-refractivity contribution in [3.05, 3.63) is 46.3 Å². The standard InChI is InChI=1S/C17H18N6O2S/c1-3-8-23-16(25)21-22-17(23)26-10(2)14(24)11(9-18)15-19-12-6-4-5-7-13(12)20-15/h4-7,10,24H,3,8H2,1-2H3,(H,19,20)(H,21,25)/b14-11-/t10-/m0/s1. The van der Waals surface area contributed by atoms with Crippen molar-refractivity contribution in [2.45, 2.75) is 37.2 Å². The van der Waals surface area contributed by atoms with E-state index in [1.54, 1.807) is 6.92 Å². The molecule has 0 saturated heterocycles. The number of aliphatic hydroxyl groups excluding tert-OH is 1. The molecule has 0 saturated carbocycles. The molecule has 3 aromatic rings. The van der Waals surface area contributed by atoms with Gasteiger partial charge in [0.1, 0.15) is 17.4 Å². The molecule has 0 amide bonds. The van der Waals surface area contributed by atoms with Crippen LogP contribution in [0.4, 0.5) is 0 Å². The Morgan fingerprint density at radius 3 is 2.92 bits per heavy atom. The molecule has 0 bridgehead atoms. The number of allylic oxidation sites excluding steroid dienone is 1. The average Bonchev–Trinajstić information content (AvgIpc) is 3.20. The minimum Gasteiger partial charge on any atom is -0.510 e. The number of aromatic amines is 2. The number of rotatable bonds is 6. The molecule has 8 nitrogen and oxygen atoms in total. The zero-order chi connectivity index (χ0) is 18.7. The van der Waals surface area contributed by atoms with Crippen LogP contribution in [0.15, 0.2) is 40.0 Å². The fraction of sp³-hybridized carbons (Fsp3) is 0.294. The second-order valence-electron chi connectivity index (χ2n) is 5.70. The number of imidazole rings is 1. The maximum Gasteiger partial charge on any atom is 0.343 e. The summed E-state index contributed by atoms with van der Waals surface area (Å²) < 4.78 is 1.52. The van der Waals surface area contributed by atoms with Gasteiger partial charge < -0.3 is 10.1 Å². The topological polar surface area (TPSA) is 123 Å². The maximum absolute atomic E-state index is 11.8. The first-order valence-electron chi connectivity index (χ1n) is 8.15. The Morgan fingerprint density at radius 1 is 1.46 bits per heavy atom. The lowest BCUT2D eigenvalue weighted by molar-refractivity contribution is 0.401. The van der Waals surface area contributed by atoms with Gasteiger partial charge in [-0.25, -0.2) is 14.9 Å². The van der Waals surface area contributed by atoms with Crippen LogP contribution in [0.5, 0.6) is 0 Å². The highest BCUT2D eigenvalue weighted by Crippen LogP contribution is 2.29. The van der Waals surface area contributed by atoms with Gasteiger partial charge in [0, 0.05) is 6.54 Å². The number of hydrogen-bond donors (Lipinski definition) is 3. The lowest BCUT2D eigenvalue weighted by atomic mass is 10.2. The van der Waals surface area contributed by atoms with Gasteiger partial charge in [-0.3, -0.25) is 4.57 Å². The zero-order valence-corrected chi connectivity index (χ0v) is 15.2. The second-order valence-corrected chi connectivity index (χ2v) is 7.01. The van der Waals surface area contributed by atoms with Crippen molar-refractivity contribution in [1.82, 2.24) is 24.7 Å². The van der Waals surface area contributed by atoms with Gasteiger partial charge in [0.15, 0.2) is 11.0 Å². The third-order valence-corrected chi connectivity index (χ3v) is 4.93. The van der Waals surface area contributed by atoms with Crippen LogP contribution in [0, 0.1) is 11.3 Å². The number of thioether (sulfide) groups is 1. The Bertz CT molecular complexity index is 1020. The molecule has 9 heteroatoms. The minimum atomic E-state index is -0.483. The van der Waals surface area contributed by atoms with Crippen molar-refractivity contribution in [2.75, 3.05) is 0 Å². The molecule has 0 aliphatic rings. The first kappa shape index (κ1) is 17.8. The van der Waals surface area contributed by atoms with E-state index in [1.807, 2.05) is 37.3 Å². The normalized spacial score (nSPS) is 13.4. The van der Waals surface area contributed by atoms with Gasteiger partial charge in [-0.05, 0) is 25.5 Å². The smallest absolute Gasteiger partial charge is 0.343 e. The summed E-state index contributed by atoms with van der Waals surface area (Å²) in [6.07, 6.45) is 0.783. The van der Waals surface area contributed by atoms with E-state index in [4.69, 9.17) is 0 Å². The predicted molar refractivity (Wildman–Crippen MR) is 99.7 cm³/mol. The van der Waals surface area contributed by atoms with Crippen LogP contribution in [0.25, 0.3) is 16.6 Å². The lowest BCUT2D eigenvalue weighted by Crippen LogP contribution is -2.18. The minimum absolute atomic E-state index is 0.0705. The highest BCUT2D eigenvalue weighted by atomic mass is 32.2. The highest BCUT2D eigenvalue weighted by molar-refractivity contribution is 7.99. The third-order valence-electron chi connectivity index (χ3n) is 3.83. The van der Waals surface area contributed by atoms with Crippen molar-refractivity contribution < 1.29 is 5.11 Å². The monoisotopic (exact) mass is 370 g/mol. The highest BCUT2D eigenvalue weighted by Gasteiger charge is 2.21. The molecule has 0 fully saturated rings. The Kier molecular flexibility index (Phi) is 5.14. The van der Waals surface area contributed by atoms with Gasteiger partial charge in [0.05, 0.1) is 16.3 Å². The number of hydrogen-bond acceptors (Lipinski definition) is 6. The molecular formula is C17H18N6O2S. The number of aromatic nitrogens is 5. The van der Waals surface area contributed by atoms with Crippen molar-refractivity contribution in [3.63, 3.8) is 0 Å². The Balaban J connectivity index is 1.93. The van der Waals surface area contributed by atoms with Crippen LogP contribution >= 0.6 is 11.8 Å². The summed E-state index contributed by atoms with van der Waals surface area (Å²) >= 11 is 1.20. The van der Waals surface area contributed by atoms with Crippen LogP contribution in [0.2, 0.25) is 0 Å². The Morgan fingerprint density at radius 2 is 2.23 bits per heavy atom. The number of nitrogens with zero attached hydrogens (tertiary/aromatic N) is 4. The predicted octanol–water partition coefficient (Wildman–Crippen LogP) is 2.83. The van der Waals surface area contributed by atoms with Gasteiger partial charge in [0.25, 0.3) is 0 Å². The number of nitrogens with one attached hydrogen (secondary N) is 2. The molecule has 0 aliphatic heterocycles. The summed E-state index contributed by atoms with van der Waals surface area (Å²) in [6.45, 7) is 4.24. The van der Waals surface area contributed by atoms with Gasteiger partial charge >= 0.3 is 5.69 Å². The molecule has 0 radical (unpaired) electrons. The molecule has 2 heterocycles. The number of para-hydroxylation sites is 2. The van der Waals surface area contributed by atoms with Gasteiger partial charge in [-0.1, -0.05) is 30.8 Å². The molecule has 0 unspecified atom stereocenters. The summed E-state index contributed by atoms with van der Waals surface area (Å²) in [6, 6.07) is 9.41. The zero-order valence-electron chi connectivity index (χ0n) is 14.4. The van der Waals surface area contributed by atoms with Crippen molar-refractivity contribution >= 4 is 28.4 Å². The summed E-state index contributed by atoms with van der Waals surface area (Å²) in [5.74, 6) is 0.196. The van der Waals surface area contributed by atoms with E-state index < -0.39 is 5.25 Å². The molecule has 1 atom stereocenters. The van der Waals surface area contributed by atoms with E-state index in [-0.39, 0.29) is 17.0 Å². The first-order chi connectivity index (χ1) is 12.5. The summed E-state index contributed by atoms with van der Waals surface area (Å²) in [5, 5.41) is 26.5. The van der Waals surface area contributed by atoms with Gasteiger partial charge in [-0.15, -0.1) is 5.10 Å². The Hall–Kier alpha value is -2.99. The molecule has 1 aromatic carbocycles. The van der Waals surface area contributed by atoms with E-state index >= 15 is 0 Å². The SMILES string of the molecule is CCCn1c(S[C@@H](C)/C(O)=C(\C#N)c2nc3ccccc3[nH]2)n[nH]c1=O. The van der Waals surface area contributed by atoms with Crippen LogP contribution < -0.4 is 5.69 Å². The molecule has 3 rings (SSSR count). The number of H-pyrrole nitrogens is 2. The molecule has 26 heavy (non-hydrogen) atoms. The van der Waals surface area contributed by atoms with Crippen LogP contribution in [0.1, 0.15) is 26.1 Å². The van der Waals surface area contributed by atoms with E-state index in [1.165, 1.54) is 16.3 Å². The maximum atomic E-state index is 11.8. The average molecular weight is 370 g/mol. The van der Waals surface area contributed by atoms with E-state index in [0.29, 0.717) is 23.0 Å². The number of nitriles is 1. The quantitative estimate of drug-likeness (QED) is 0.348.